The maximum absolute atomic E-state index is 11.9. The lowest BCUT2D eigenvalue weighted by atomic mass is 10.1. The van der Waals surface area contributed by atoms with Gasteiger partial charge in [0.1, 0.15) is 6.04 Å². The molecule has 6 heteroatoms. The van der Waals surface area contributed by atoms with Crippen LogP contribution in [0.5, 0.6) is 0 Å². The molecule has 1 aromatic carbocycles. The molecule has 1 aliphatic rings. The molecular formula is C15H21N3O3. The number of ether oxygens (including phenoxy) is 1. The maximum Gasteiger partial charge on any atom is 0.417 e. The molecule has 0 bridgehead atoms. The molecule has 0 radical (unpaired) electrons. The van der Waals surface area contributed by atoms with E-state index in [0.717, 1.165) is 18.7 Å². The smallest absolute Gasteiger partial charge is 0.375 e. The second-order valence-electron chi connectivity index (χ2n) is 5.27. The van der Waals surface area contributed by atoms with Gasteiger partial charge >= 0.3 is 12.1 Å². The van der Waals surface area contributed by atoms with Crippen LogP contribution in [0.2, 0.25) is 0 Å². The van der Waals surface area contributed by atoms with E-state index in [4.69, 9.17) is 10.5 Å². The molecule has 114 valence electrons. The first-order chi connectivity index (χ1) is 10.1. The number of hydrogen-bond acceptors (Lipinski definition) is 5. The fourth-order valence-electron chi connectivity index (χ4n) is 2.17. The van der Waals surface area contributed by atoms with Gasteiger partial charge in [0, 0.05) is 26.2 Å². The highest BCUT2D eigenvalue weighted by Crippen LogP contribution is 2.06. The maximum atomic E-state index is 11.9. The van der Waals surface area contributed by atoms with Gasteiger partial charge in [0.05, 0.1) is 0 Å². The van der Waals surface area contributed by atoms with Crippen LogP contribution in [0.15, 0.2) is 30.3 Å². The number of carbonyl (C=O) groups excluding carboxylic acids is 2. The summed E-state index contributed by atoms with van der Waals surface area (Å²) in [5, 5.41) is 0. The van der Waals surface area contributed by atoms with Crippen molar-refractivity contribution < 1.29 is 14.3 Å². The van der Waals surface area contributed by atoms with Crippen molar-refractivity contribution in [1.82, 2.24) is 9.80 Å². The summed E-state index contributed by atoms with van der Waals surface area (Å²) in [5.74, 6) is -0.678. The number of likely N-dealkylation sites (N-methyl/N-ethyl adjacent to an activating group) is 1. The van der Waals surface area contributed by atoms with Crippen molar-refractivity contribution in [2.75, 3.05) is 33.2 Å². The quantitative estimate of drug-likeness (QED) is 0.647. The molecule has 0 aromatic heterocycles. The van der Waals surface area contributed by atoms with Gasteiger partial charge in [0.25, 0.3) is 0 Å². The van der Waals surface area contributed by atoms with Crippen molar-refractivity contribution in [2.24, 2.45) is 5.73 Å². The van der Waals surface area contributed by atoms with Gasteiger partial charge in [-0.25, -0.2) is 9.59 Å². The lowest BCUT2D eigenvalue weighted by molar-refractivity contribution is -0.140. The number of nitrogens with zero attached hydrogens (tertiary/aromatic N) is 2. The molecule has 1 heterocycles. The number of amides is 1. The molecule has 2 N–H and O–H groups in total. The minimum Gasteiger partial charge on any atom is -0.375 e. The Labute approximate surface area is 124 Å². The van der Waals surface area contributed by atoms with Gasteiger partial charge in [-0.3, -0.25) is 0 Å². The zero-order valence-corrected chi connectivity index (χ0v) is 12.2. The van der Waals surface area contributed by atoms with Crippen molar-refractivity contribution in [1.29, 1.82) is 0 Å². The van der Waals surface area contributed by atoms with Gasteiger partial charge in [0.15, 0.2) is 0 Å². The number of piperazine rings is 1. The van der Waals surface area contributed by atoms with Gasteiger partial charge in [-0.15, -0.1) is 0 Å². The van der Waals surface area contributed by atoms with Crippen LogP contribution in [0.3, 0.4) is 0 Å². The SMILES string of the molecule is CN1CCN(C(=O)OC(=O)[C@@H](N)Cc2ccccc2)CC1. The average molecular weight is 291 g/mol. The van der Waals surface area contributed by atoms with Gasteiger partial charge in [-0.1, -0.05) is 30.3 Å². The summed E-state index contributed by atoms with van der Waals surface area (Å²) < 4.78 is 4.86. The molecular weight excluding hydrogens is 270 g/mol. The Morgan fingerprint density at radius 2 is 1.81 bits per heavy atom. The molecule has 0 saturated carbocycles. The molecule has 1 aromatic rings. The average Bonchev–Trinajstić information content (AvgIpc) is 2.48. The molecule has 21 heavy (non-hydrogen) atoms. The highest BCUT2D eigenvalue weighted by Gasteiger charge is 2.25. The number of esters is 1. The Morgan fingerprint density at radius 1 is 1.19 bits per heavy atom. The Balaban J connectivity index is 1.81. The first-order valence-corrected chi connectivity index (χ1v) is 7.05. The lowest BCUT2D eigenvalue weighted by Gasteiger charge is -2.31. The topological polar surface area (TPSA) is 75.9 Å². The van der Waals surface area contributed by atoms with Gasteiger partial charge in [-0.05, 0) is 19.0 Å². The summed E-state index contributed by atoms with van der Waals surface area (Å²) >= 11 is 0. The van der Waals surface area contributed by atoms with E-state index < -0.39 is 18.1 Å². The molecule has 1 amide bonds. The molecule has 6 nitrogen and oxygen atoms in total. The standard InChI is InChI=1S/C15H21N3O3/c1-17-7-9-18(10-8-17)15(20)21-14(19)13(16)11-12-5-3-2-4-6-12/h2-6,13H,7-11,16H2,1H3/t13-/m0/s1. The van der Waals surface area contributed by atoms with Crippen molar-refractivity contribution in [3.63, 3.8) is 0 Å². The van der Waals surface area contributed by atoms with E-state index in [2.05, 4.69) is 4.90 Å². The van der Waals surface area contributed by atoms with Crippen LogP contribution in [0.4, 0.5) is 4.79 Å². The van der Waals surface area contributed by atoms with Crippen LogP contribution < -0.4 is 5.73 Å². The van der Waals surface area contributed by atoms with E-state index in [1.807, 2.05) is 37.4 Å². The summed E-state index contributed by atoms with van der Waals surface area (Å²) in [6.07, 6.45) is -0.244. The molecule has 1 atom stereocenters. The molecule has 2 rings (SSSR count). The van der Waals surface area contributed by atoms with E-state index >= 15 is 0 Å². The monoisotopic (exact) mass is 291 g/mol. The van der Waals surface area contributed by atoms with E-state index in [1.165, 1.54) is 4.90 Å². The lowest BCUT2D eigenvalue weighted by Crippen LogP contribution is -2.48. The minimum absolute atomic E-state index is 0.357. The second-order valence-corrected chi connectivity index (χ2v) is 5.27. The number of hydrogen-bond donors (Lipinski definition) is 1. The Morgan fingerprint density at radius 3 is 2.43 bits per heavy atom. The molecule has 0 spiro atoms. The van der Waals surface area contributed by atoms with Crippen molar-refractivity contribution in [3.05, 3.63) is 35.9 Å². The Hall–Kier alpha value is -1.92. The Kier molecular flexibility index (Phi) is 5.30. The van der Waals surface area contributed by atoms with Crippen LogP contribution in [0, 0.1) is 0 Å². The first kappa shape index (κ1) is 15.5. The zero-order valence-electron chi connectivity index (χ0n) is 12.2. The highest BCUT2D eigenvalue weighted by atomic mass is 16.6. The summed E-state index contributed by atoms with van der Waals surface area (Å²) in [6, 6.07) is 8.59. The van der Waals surface area contributed by atoms with Crippen LogP contribution in [-0.2, 0) is 16.0 Å². The number of carbonyl (C=O) groups is 2. The number of rotatable bonds is 3. The van der Waals surface area contributed by atoms with E-state index in [9.17, 15) is 9.59 Å². The van der Waals surface area contributed by atoms with E-state index in [-0.39, 0.29) is 0 Å². The van der Waals surface area contributed by atoms with Gasteiger partial charge in [-0.2, -0.15) is 0 Å². The van der Waals surface area contributed by atoms with Crippen LogP contribution in [-0.4, -0.2) is 61.1 Å². The number of nitrogens with two attached hydrogens (primary N) is 1. The molecule has 0 aliphatic carbocycles. The fourth-order valence-corrected chi connectivity index (χ4v) is 2.17. The second kappa shape index (κ2) is 7.19. The Bertz CT molecular complexity index is 484. The summed E-state index contributed by atoms with van der Waals surface area (Å²) in [6.45, 7) is 2.69. The molecule has 0 unspecified atom stereocenters. The van der Waals surface area contributed by atoms with E-state index in [1.54, 1.807) is 0 Å². The summed E-state index contributed by atoms with van der Waals surface area (Å²) in [5.41, 5.74) is 6.73. The summed E-state index contributed by atoms with van der Waals surface area (Å²) in [4.78, 5) is 27.4. The zero-order chi connectivity index (χ0) is 15.2. The number of benzene rings is 1. The van der Waals surface area contributed by atoms with Crippen molar-refractivity contribution in [2.45, 2.75) is 12.5 Å². The fraction of sp³-hybridized carbons (Fsp3) is 0.467. The molecule has 1 saturated heterocycles. The minimum atomic E-state index is -0.830. The van der Waals surface area contributed by atoms with Crippen molar-refractivity contribution in [3.8, 4) is 0 Å². The normalized spacial score (nSPS) is 17.3. The largest absolute Gasteiger partial charge is 0.417 e. The third kappa shape index (κ3) is 4.54. The third-order valence-electron chi connectivity index (χ3n) is 3.55. The van der Waals surface area contributed by atoms with Crippen molar-refractivity contribution >= 4 is 12.1 Å². The molecule has 1 aliphatic heterocycles. The van der Waals surface area contributed by atoms with Crippen LogP contribution >= 0.6 is 0 Å². The predicted molar refractivity (Wildman–Crippen MR) is 78.7 cm³/mol. The predicted octanol–water partition coefficient (Wildman–Crippen LogP) is 0.467. The van der Waals surface area contributed by atoms with Gasteiger partial charge in [0.2, 0.25) is 0 Å². The van der Waals surface area contributed by atoms with Gasteiger partial charge < -0.3 is 20.3 Å². The third-order valence-corrected chi connectivity index (χ3v) is 3.55. The summed E-state index contributed by atoms with van der Waals surface area (Å²) in [7, 11) is 1.99. The first-order valence-electron chi connectivity index (χ1n) is 7.05. The molecule has 1 fully saturated rings. The van der Waals surface area contributed by atoms with Crippen LogP contribution in [0.25, 0.3) is 0 Å². The van der Waals surface area contributed by atoms with Crippen LogP contribution in [0.1, 0.15) is 5.56 Å². The highest BCUT2D eigenvalue weighted by molar-refractivity contribution is 5.87. The van der Waals surface area contributed by atoms with E-state index in [0.29, 0.717) is 19.5 Å².